The Morgan fingerprint density at radius 1 is 0.803 bits per heavy atom. The number of ketones is 1. The summed E-state index contributed by atoms with van der Waals surface area (Å²) in [5.41, 5.74) is 0.460. The molecule has 0 aromatic heterocycles. The van der Waals surface area contributed by atoms with Crippen molar-refractivity contribution in [3.8, 4) is 0 Å². The molecule has 3 aromatic carbocycles. The number of carbonyl (C=O) groups is 6. The topological polar surface area (TPSA) is 154 Å². The fourth-order valence-electron chi connectivity index (χ4n) is 9.62. The van der Waals surface area contributed by atoms with Crippen molar-refractivity contribution in [2.24, 2.45) is 0 Å². The van der Waals surface area contributed by atoms with Crippen LogP contribution in [-0.2, 0) is 46.0 Å². The van der Waals surface area contributed by atoms with Gasteiger partial charge in [0, 0.05) is 38.9 Å². The standard InChI is InChI=1S/C53H71N5O7Si/c1-7-53(6)51(64)55-44(37-40-30-28-39(29-31-40)32-33-47(60)57-34-18-11-19-35-57)50(63)58-36-20-26-45(58)49(62)54-43(48(61)56-53)25-16-10-17-27-46(59)38(2)65-66(52(3,4)5,41-21-12-8-13-22-41)42-23-14-9-15-24-42/h8-10,12-15,17,21-24,28-31,38,43-45H,7,11,16,18-20,25-27,32-37H2,1-6H3,(H,54,62)(H,55,64)(H,56,61)/t38-,43+,44+,45-,53+/m1/s1. The predicted molar refractivity (Wildman–Crippen MR) is 260 cm³/mol. The van der Waals surface area contributed by atoms with Gasteiger partial charge in [-0.05, 0) is 98.2 Å². The molecule has 3 saturated heterocycles. The van der Waals surface area contributed by atoms with Crippen LogP contribution in [-0.4, -0.2) is 103 Å². The second kappa shape index (κ2) is 22.4. The second-order valence-electron chi connectivity index (χ2n) is 19.6. The molecule has 0 saturated carbocycles. The van der Waals surface area contributed by atoms with Crippen LogP contribution in [0, 0.1) is 0 Å². The first-order valence-corrected chi connectivity index (χ1v) is 26.0. The number of piperidine rings is 1. The zero-order chi connectivity index (χ0) is 47.5. The molecule has 5 atom stereocenters. The zero-order valence-electron chi connectivity index (χ0n) is 39.9. The minimum atomic E-state index is -2.95. The quantitative estimate of drug-likeness (QED) is 0.123. The van der Waals surface area contributed by atoms with Gasteiger partial charge >= 0.3 is 0 Å². The Kier molecular flexibility index (Phi) is 17.0. The van der Waals surface area contributed by atoms with Crippen LogP contribution in [0.3, 0.4) is 0 Å². The number of likely N-dealkylation sites (tertiary alicyclic amines) is 1. The maximum absolute atomic E-state index is 14.4. The summed E-state index contributed by atoms with van der Waals surface area (Å²) in [4.78, 5) is 86.5. The van der Waals surface area contributed by atoms with E-state index in [1.54, 1.807) is 24.8 Å². The number of fused-ring (bicyclic) bond motifs is 1. The first-order chi connectivity index (χ1) is 31.6. The van der Waals surface area contributed by atoms with E-state index in [2.05, 4.69) is 61.0 Å². The number of hydrogen-bond donors (Lipinski definition) is 3. The largest absolute Gasteiger partial charge is 0.398 e. The third-order valence-electron chi connectivity index (χ3n) is 13.8. The average Bonchev–Trinajstić information content (AvgIpc) is 3.82. The Morgan fingerprint density at radius 3 is 2.03 bits per heavy atom. The molecule has 0 bridgehead atoms. The highest BCUT2D eigenvalue weighted by molar-refractivity contribution is 6.99. The highest BCUT2D eigenvalue weighted by atomic mass is 28.4. The lowest BCUT2D eigenvalue weighted by Crippen LogP contribution is -2.68. The van der Waals surface area contributed by atoms with Crippen LogP contribution in [0.5, 0.6) is 0 Å². The van der Waals surface area contributed by atoms with E-state index in [-0.39, 0.29) is 48.3 Å². The molecule has 3 aliphatic heterocycles. The summed E-state index contributed by atoms with van der Waals surface area (Å²) in [6.45, 7) is 13.8. The molecule has 3 aromatic rings. The Morgan fingerprint density at radius 2 is 1.42 bits per heavy atom. The van der Waals surface area contributed by atoms with Gasteiger partial charge in [-0.2, -0.15) is 0 Å². The smallest absolute Gasteiger partial charge is 0.262 e. The molecular formula is C53H71N5O7Si. The van der Waals surface area contributed by atoms with Gasteiger partial charge in [0.2, 0.25) is 29.5 Å². The van der Waals surface area contributed by atoms with Gasteiger partial charge in [-0.3, -0.25) is 28.8 Å². The molecule has 13 heteroatoms. The molecule has 3 aliphatic rings. The number of Topliss-reactive ketones (excluding diaryl/α,β-unsaturated/α-hetero) is 1. The van der Waals surface area contributed by atoms with E-state index in [1.165, 1.54) is 6.42 Å². The zero-order valence-corrected chi connectivity index (χ0v) is 40.9. The van der Waals surface area contributed by atoms with Gasteiger partial charge in [-0.1, -0.05) is 125 Å². The van der Waals surface area contributed by atoms with Crippen molar-refractivity contribution in [3.05, 3.63) is 108 Å². The maximum atomic E-state index is 14.4. The number of nitrogens with one attached hydrogen (secondary N) is 3. The van der Waals surface area contributed by atoms with Gasteiger partial charge in [0.05, 0.1) is 0 Å². The first kappa shape index (κ1) is 50.0. The van der Waals surface area contributed by atoms with Crippen molar-refractivity contribution >= 4 is 54.0 Å². The van der Waals surface area contributed by atoms with E-state index in [0.29, 0.717) is 38.6 Å². The highest BCUT2D eigenvalue weighted by Crippen LogP contribution is 2.37. The van der Waals surface area contributed by atoms with Gasteiger partial charge in [0.1, 0.15) is 29.8 Å². The summed E-state index contributed by atoms with van der Waals surface area (Å²) in [6.07, 6.45) is 9.43. The van der Waals surface area contributed by atoms with Crippen LogP contribution in [0.25, 0.3) is 0 Å². The van der Waals surface area contributed by atoms with E-state index < -0.39 is 55.8 Å². The van der Waals surface area contributed by atoms with E-state index in [1.807, 2.05) is 78.6 Å². The number of hydrogen-bond acceptors (Lipinski definition) is 7. The molecule has 0 radical (unpaired) electrons. The molecule has 3 N–H and O–H groups in total. The number of aryl methyl sites for hydroxylation is 1. The van der Waals surface area contributed by atoms with Crippen LogP contribution < -0.4 is 26.3 Å². The number of benzene rings is 3. The first-order valence-electron chi connectivity index (χ1n) is 24.1. The van der Waals surface area contributed by atoms with Crippen LogP contribution >= 0.6 is 0 Å². The summed E-state index contributed by atoms with van der Waals surface area (Å²) in [6, 6.07) is 25.4. The number of nitrogens with zero attached hydrogens (tertiary/aromatic N) is 2. The summed E-state index contributed by atoms with van der Waals surface area (Å²) >= 11 is 0. The molecule has 66 heavy (non-hydrogen) atoms. The van der Waals surface area contributed by atoms with Gasteiger partial charge < -0.3 is 30.2 Å². The number of carbonyl (C=O) groups excluding carboxylic acids is 6. The normalized spacial score (nSPS) is 22.7. The van der Waals surface area contributed by atoms with Crippen LogP contribution in [0.4, 0.5) is 0 Å². The Balaban J connectivity index is 1.10. The monoisotopic (exact) mass is 918 g/mol. The Hall–Kier alpha value is -5.40. The lowest BCUT2D eigenvalue weighted by atomic mass is 9.94. The number of amides is 5. The lowest BCUT2D eigenvalue weighted by Gasteiger charge is -2.44. The van der Waals surface area contributed by atoms with Crippen molar-refractivity contribution in [2.75, 3.05) is 19.6 Å². The molecular weight excluding hydrogens is 847 g/mol. The fraction of sp³-hybridized carbons (Fsp3) is 0.509. The third kappa shape index (κ3) is 11.9. The van der Waals surface area contributed by atoms with E-state index >= 15 is 0 Å². The Labute approximate surface area is 392 Å². The van der Waals surface area contributed by atoms with E-state index in [9.17, 15) is 28.8 Å². The van der Waals surface area contributed by atoms with Crippen LogP contribution in [0.1, 0.15) is 117 Å². The van der Waals surface area contributed by atoms with Gasteiger partial charge in [-0.25, -0.2) is 0 Å². The summed E-state index contributed by atoms with van der Waals surface area (Å²) in [7, 11) is -2.95. The van der Waals surface area contributed by atoms with Crippen molar-refractivity contribution in [1.29, 1.82) is 0 Å². The van der Waals surface area contributed by atoms with Gasteiger partial charge in [0.15, 0.2) is 5.78 Å². The van der Waals surface area contributed by atoms with Crippen LogP contribution in [0.15, 0.2) is 97.1 Å². The average molecular weight is 918 g/mol. The number of allylic oxidation sites excluding steroid dienone is 2. The third-order valence-corrected chi connectivity index (χ3v) is 18.9. The summed E-state index contributed by atoms with van der Waals surface area (Å²) in [5, 5.41) is 10.7. The molecule has 0 unspecified atom stereocenters. The minimum absolute atomic E-state index is 0.0708. The fourth-order valence-corrected chi connectivity index (χ4v) is 14.3. The molecule has 0 aliphatic carbocycles. The van der Waals surface area contributed by atoms with Crippen molar-refractivity contribution in [3.63, 3.8) is 0 Å². The van der Waals surface area contributed by atoms with Gasteiger partial charge in [-0.15, -0.1) is 0 Å². The number of rotatable bonds is 16. The second-order valence-corrected chi connectivity index (χ2v) is 23.8. The van der Waals surface area contributed by atoms with Crippen molar-refractivity contribution in [1.82, 2.24) is 25.8 Å². The van der Waals surface area contributed by atoms with Gasteiger partial charge in [0.25, 0.3) is 8.32 Å². The van der Waals surface area contributed by atoms with E-state index in [4.69, 9.17) is 4.43 Å². The molecule has 12 nitrogen and oxygen atoms in total. The maximum Gasteiger partial charge on any atom is 0.262 e. The van der Waals surface area contributed by atoms with Crippen molar-refractivity contribution in [2.45, 2.75) is 153 Å². The summed E-state index contributed by atoms with van der Waals surface area (Å²) < 4.78 is 7.02. The Bertz CT molecular complexity index is 2150. The van der Waals surface area contributed by atoms with Crippen LogP contribution in [0.2, 0.25) is 5.04 Å². The predicted octanol–water partition coefficient (Wildman–Crippen LogP) is 5.69. The molecule has 354 valence electrons. The molecule has 0 spiro atoms. The lowest BCUT2D eigenvalue weighted by molar-refractivity contribution is -0.144. The summed E-state index contributed by atoms with van der Waals surface area (Å²) in [5.74, 6) is -1.65. The SMILES string of the molecule is CC[C@]1(C)NC(=O)[C@H](CCC=CCC(=O)[C@@H](C)O[Si](c2ccccc2)(c2ccccc2)C(C)(C)C)NC(=O)[C@H]2CCCN2C(=O)[C@H](Cc2ccc(CCC(=O)N3CCCCC3)cc2)NC1=O. The molecule has 3 fully saturated rings. The van der Waals surface area contributed by atoms with E-state index in [0.717, 1.165) is 47.4 Å². The minimum Gasteiger partial charge on any atom is -0.398 e. The highest BCUT2D eigenvalue weighted by Gasteiger charge is 2.51. The van der Waals surface area contributed by atoms with Crippen molar-refractivity contribution < 1.29 is 33.2 Å². The molecule has 6 rings (SSSR count). The molecule has 5 amide bonds. The molecule has 3 heterocycles.